The molecule has 1 aliphatic heterocycles. The molecule has 0 saturated carbocycles. The lowest BCUT2D eigenvalue weighted by atomic mass is 9.79. The molecule has 23 nitrogen and oxygen atoms in total. The largest absolute Gasteiger partial charge is 0.494 e. The Hall–Kier alpha value is -8.45. The second kappa shape index (κ2) is 35.1. The molecule has 556 valence electrons. The number of esters is 2. The Bertz CT molecular complexity index is 4840. The van der Waals surface area contributed by atoms with Gasteiger partial charge in [0.05, 0.1) is 58.9 Å². The third-order valence-electron chi connectivity index (χ3n) is 16.8. The van der Waals surface area contributed by atoms with Crippen LogP contribution in [0.1, 0.15) is 149 Å². The molecule has 9 aromatic rings. The first-order valence-electron chi connectivity index (χ1n) is 33.7. The molecular formula is C76H92BBrN6O17S3. The van der Waals surface area contributed by atoms with Gasteiger partial charge < -0.3 is 52.9 Å². The topological polar surface area (TPSA) is 325 Å². The van der Waals surface area contributed by atoms with Gasteiger partial charge in [-0.1, -0.05) is 118 Å². The predicted molar refractivity (Wildman–Crippen MR) is 403 cm³/mol. The first-order valence-corrected chi connectivity index (χ1v) is 40.2. The molecule has 1 fully saturated rings. The van der Waals surface area contributed by atoms with Crippen LogP contribution in [0.25, 0.3) is 39.3 Å². The summed E-state index contributed by atoms with van der Waals surface area (Å²) in [6.45, 7) is 23.4. The summed E-state index contributed by atoms with van der Waals surface area (Å²) in [6, 6.07) is 37.6. The van der Waals surface area contributed by atoms with E-state index in [1.807, 2.05) is 123 Å². The van der Waals surface area contributed by atoms with E-state index >= 15 is 0 Å². The molecule has 3 aromatic heterocycles. The van der Waals surface area contributed by atoms with Gasteiger partial charge >= 0.3 is 25.0 Å². The van der Waals surface area contributed by atoms with Crippen molar-refractivity contribution in [1.29, 1.82) is 0 Å². The summed E-state index contributed by atoms with van der Waals surface area (Å²) >= 11 is 3.43. The molecule has 0 bridgehead atoms. The van der Waals surface area contributed by atoms with Crippen LogP contribution >= 0.6 is 15.9 Å². The Morgan fingerprint density at radius 3 is 1.08 bits per heavy atom. The van der Waals surface area contributed by atoms with Crippen molar-refractivity contribution < 1.29 is 78.8 Å². The number of sulfone groups is 3. The van der Waals surface area contributed by atoms with Crippen LogP contribution in [0, 0.1) is 17.8 Å². The van der Waals surface area contributed by atoms with Crippen LogP contribution in [-0.2, 0) is 87.4 Å². The maximum atomic E-state index is 12.2. The summed E-state index contributed by atoms with van der Waals surface area (Å²) in [5.74, 6) is 1.52. The molecule has 10 rings (SSSR count). The van der Waals surface area contributed by atoms with Crippen LogP contribution in [0.5, 0.6) is 0 Å². The van der Waals surface area contributed by atoms with E-state index in [1.54, 1.807) is 79.3 Å². The van der Waals surface area contributed by atoms with Gasteiger partial charge in [0.1, 0.15) is 17.5 Å². The van der Waals surface area contributed by atoms with Crippen LogP contribution in [0.4, 0.5) is 0 Å². The average molecular weight is 1550 g/mol. The van der Waals surface area contributed by atoms with Gasteiger partial charge in [-0.3, -0.25) is 0 Å². The molecule has 0 radical (unpaired) electrons. The van der Waals surface area contributed by atoms with Crippen molar-refractivity contribution in [3.63, 3.8) is 0 Å². The number of hydrogen-bond acceptors (Lipinski definition) is 19. The first kappa shape index (κ1) is 82.8. The van der Waals surface area contributed by atoms with E-state index in [2.05, 4.69) is 58.6 Å². The normalized spacial score (nSPS) is 13.4. The number of nitrogens with zero attached hydrogens (tertiary/aromatic N) is 6. The van der Waals surface area contributed by atoms with Crippen molar-refractivity contribution in [2.75, 3.05) is 32.0 Å². The zero-order valence-corrected chi connectivity index (χ0v) is 65.2. The molecular weight excluding hydrogens is 1460 g/mol. The average Bonchev–Trinajstić information content (AvgIpc) is 1.64. The molecule has 0 spiro atoms. The SMILES string of the molecule is CC(C)Cc1nc(C(=O)O)cn1-c1ccc(-c2ccc(CO)c(S(C)(=O)=O)c2)cc1.CC1(C)OB(c2ccc(CO)c(S(C)(=O)=O)c2)OC1(C)C.CCOC(=O)c1cn(-c2ccc(-c3ccc(CO)c(S(C)(=O)=O)c3)cc2)c(CC(C)C)n1.CCOC(=O)c1cn(-c2ccc(Br)cc2)c(CC(C)C)n1. The van der Waals surface area contributed by atoms with Gasteiger partial charge in [0.25, 0.3) is 0 Å². The molecule has 4 N–H and O–H groups in total. The highest BCUT2D eigenvalue weighted by molar-refractivity contribution is 9.10. The van der Waals surface area contributed by atoms with Gasteiger partial charge in [-0.25, -0.2) is 54.6 Å². The molecule has 1 aliphatic rings. The van der Waals surface area contributed by atoms with E-state index in [-0.39, 0.29) is 58.5 Å². The van der Waals surface area contributed by atoms with E-state index in [0.717, 1.165) is 75.1 Å². The summed E-state index contributed by atoms with van der Waals surface area (Å²) in [6.07, 6.45) is 10.4. The summed E-state index contributed by atoms with van der Waals surface area (Å²) < 4.78 is 101. The van der Waals surface area contributed by atoms with Crippen molar-refractivity contribution in [1.82, 2.24) is 28.7 Å². The second-order valence-electron chi connectivity index (χ2n) is 27.2. The lowest BCUT2D eigenvalue weighted by molar-refractivity contribution is 0.00578. The number of rotatable bonds is 23. The highest BCUT2D eigenvalue weighted by Gasteiger charge is 2.52. The van der Waals surface area contributed by atoms with Crippen molar-refractivity contribution in [3.05, 3.63) is 202 Å². The van der Waals surface area contributed by atoms with Crippen molar-refractivity contribution in [2.24, 2.45) is 17.8 Å². The number of halogens is 1. The molecule has 6 aromatic carbocycles. The Balaban J connectivity index is 0.000000197. The Labute approximate surface area is 618 Å². The van der Waals surface area contributed by atoms with E-state index in [0.29, 0.717) is 76.4 Å². The van der Waals surface area contributed by atoms with Gasteiger partial charge in [0.2, 0.25) is 0 Å². The molecule has 104 heavy (non-hydrogen) atoms. The number of hydrogen-bond donors (Lipinski definition) is 4. The van der Waals surface area contributed by atoms with Gasteiger partial charge in [0, 0.05) is 78.2 Å². The third kappa shape index (κ3) is 21.4. The van der Waals surface area contributed by atoms with Gasteiger partial charge in [-0.15, -0.1) is 0 Å². The Morgan fingerprint density at radius 2 is 0.769 bits per heavy atom. The quantitative estimate of drug-likeness (QED) is 0.0341. The van der Waals surface area contributed by atoms with Gasteiger partial charge in [-0.2, -0.15) is 0 Å². The van der Waals surface area contributed by atoms with Crippen molar-refractivity contribution >= 4 is 75.9 Å². The van der Waals surface area contributed by atoms with Gasteiger partial charge in [-0.05, 0) is 170 Å². The summed E-state index contributed by atoms with van der Waals surface area (Å²) in [5, 5.41) is 37.4. The number of carboxylic acid groups (broad SMARTS) is 1. The number of aliphatic hydroxyl groups is 3. The zero-order chi connectivity index (χ0) is 77.0. The Morgan fingerprint density at radius 1 is 0.471 bits per heavy atom. The lowest BCUT2D eigenvalue weighted by Gasteiger charge is -2.32. The third-order valence-corrected chi connectivity index (χ3v) is 20.9. The molecule has 0 unspecified atom stereocenters. The van der Waals surface area contributed by atoms with Gasteiger partial charge in [0.15, 0.2) is 46.6 Å². The number of carboxylic acids is 1. The number of aliphatic hydroxyl groups excluding tert-OH is 3. The fourth-order valence-corrected chi connectivity index (χ4v) is 14.1. The predicted octanol–water partition coefficient (Wildman–Crippen LogP) is 12.0. The highest BCUT2D eigenvalue weighted by atomic mass is 79.9. The molecule has 0 amide bonds. The summed E-state index contributed by atoms with van der Waals surface area (Å²) in [4.78, 5) is 48.9. The fourth-order valence-electron chi connectivity index (χ4n) is 11.0. The van der Waals surface area contributed by atoms with Crippen LogP contribution in [0.2, 0.25) is 0 Å². The number of ether oxygens (including phenoxy) is 2. The van der Waals surface area contributed by atoms with E-state index in [1.165, 1.54) is 12.3 Å². The minimum Gasteiger partial charge on any atom is -0.476 e. The van der Waals surface area contributed by atoms with Crippen molar-refractivity contribution in [2.45, 2.75) is 148 Å². The van der Waals surface area contributed by atoms with E-state index in [4.69, 9.17) is 18.8 Å². The number of aromatic carboxylic acids is 1. The summed E-state index contributed by atoms with van der Waals surface area (Å²) in [7, 11) is -11.0. The highest BCUT2D eigenvalue weighted by Crippen LogP contribution is 2.37. The van der Waals surface area contributed by atoms with Crippen molar-refractivity contribution in [3.8, 4) is 39.3 Å². The smallest absolute Gasteiger partial charge is 0.476 e. The number of aromatic nitrogens is 6. The lowest BCUT2D eigenvalue weighted by Crippen LogP contribution is -2.41. The standard InChI is InChI=1S/C24H28N2O5S.C22H24N2O5S.C16H19BrN2O2.C14H21BO5S/c1-5-31-24(28)21-14-26(23(25-21)12-16(2)3)20-10-8-17(9-11-20)18-6-7-19(15-27)22(13-18)32(4,29)30;1-14(2)10-21-23-19(22(26)27)12-24(21)18-8-6-15(7-9-18)16-4-5-17(13-25)20(11-16)30(3,28)29;1-4-21-16(20)14-10-19(15(18-14)9-11(2)3)13-7-5-12(17)6-8-13;1-13(2)14(3,4)20-15(19-13)11-7-6-10(9-16)12(8-11)21(5,17)18/h6-11,13-14,16,27H,5,12,15H2,1-4H3;4-9,11-12,14,25H,10,13H2,1-3H3,(H,26,27);5-8,10-11H,4,9H2,1-3H3;6-8,16H,9H2,1-5H3. The number of carbonyl (C=O) groups is 3. The Kier molecular flexibility index (Phi) is 28.0. The minimum absolute atomic E-state index is 0.00730. The van der Waals surface area contributed by atoms with Crippen LogP contribution < -0.4 is 5.46 Å². The molecule has 28 heteroatoms. The van der Waals surface area contributed by atoms with Crippen LogP contribution in [-0.4, -0.2) is 143 Å². The number of imidazole rings is 3. The fraction of sp³-hybridized carbons (Fsp3) is 0.368. The van der Waals surface area contributed by atoms with Crippen LogP contribution in [0.15, 0.2) is 165 Å². The maximum absolute atomic E-state index is 12.2. The molecule has 0 atom stereocenters. The monoisotopic (exact) mass is 1550 g/mol. The van der Waals surface area contributed by atoms with E-state index < -0.39 is 59.8 Å². The number of benzene rings is 6. The van der Waals surface area contributed by atoms with E-state index in [9.17, 15) is 60.1 Å². The zero-order valence-electron chi connectivity index (χ0n) is 61.2. The maximum Gasteiger partial charge on any atom is 0.494 e. The summed E-state index contributed by atoms with van der Waals surface area (Å²) in [5.41, 5.74) is 7.04. The second-order valence-corrected chi connectivity index (χ2v) is 34.1. The number of carbonyl (C=O) groups excluding carboxylic acids is 2. The molecule has 4 heterocycles. The first-order chi connectivity index (χ1) is 48.7. The van der Waals surface area contributed by atoms with Crippen LogP contribution in [0.3, 0.4) is 0 Å². The molecule has 0 aliphatic carbocycles. The minimum atomic E-state index is -3.48. The molecule has 1 saturated heterocycles.